The van der Waals surface area contributed by atoms with Crippen molar-refractivity contribution < 1.29 is 9.90 Å². The molecule has 166 valence electrons. The van der Waals surface area contributed by atoms with Crippen LogP contribution in [0.2, 0.25) is 5.02 Å². The van der Waals surface area contributed by atoms with Gasteiger partial charge in [-0.25, -0.2) is 0 Å². The van der Waals surface area contributed by atoms with Crippen LogP contribution >= 0.6 is 22.9 Å². The fourth-order valence-corrected chi connectivity index (χ4v) is 4.21. The van der Waals surface area contributed by atoms with Gasteiger partial charge in [-0.3, -0.25) is 14.8 Å². The average Bonchev–Trinajstić information content (AvgIpc) is 3.35. The van der Waals surface area contributed by atoms with Gasteiger partial charge in [0.05, 0.1) is 16.9 Å². The van der Waals surface area contributed by atoms with Crippen LogP contribution in [0.1, 0.15) is 26.4 Å². The van der Waals surface area contributed by atoms with E-state index in [4.69, 9.17) is 11.6 Å². The highest BCUT2D eigenvalue weighted by molar-refractivity contribution is 7.12. The maximum atomic E-state index is 12.2. The molecule has 33 heavy (non-hydrogen) atoms. The minimum atomic E-state index is -0.0390. The van der Waals surface area contributed by atoms with Crippen molar-refractivity contribution >= 4 is 57.6 Å². The first-order valence-corrected chi connectivity index (χ1v) is 11.6. The first kappa shape index (κ1) is 22.7. The summed E-state index contributed by atoms with van der Waals surface area (Å²) in [4.78, 5) is 21.7. The highest BCUT2D eigenvalue weighted by Crippen LogP contribution is 2.25. The number of anilines is 1. The number of aromatic hydroxyl groups is 1. The zero-order valence-corrected chi connectivity index (χ0v) is 19.5. The van der Waals surface area contributed by atoms with Gasteiger partial charge in [0.25, 0.3) is 0 Å². The van der Waals surface area contributed by atoms with Crippen molar-refractivity contribution in [2.24, 2.45) is 4.99 Å². The van der Waals surface area contributed by atoms with Gasteiger partial charge < -0.3 is 10.4 Å². The number of aliphatic imine (C=N–C) groups is 1. The Kier molecular flexibility index (Phi) is 7.17. The Balaban J connectivity index is 1.40. The number of phenols is 1. The number of aromatic nitrogens is 1. The van der Waals surface area contributed by atoms with Gasteiger partial charge in [-0.05, 0) is 72.0 Å². The zero-order chi connectivity index (χ0) is 23.2. The smallest absolute Gasteiger partial charge is 0.195 e. The second kappa shape index (κ2) is 10.4. The molecule has 0 bridgehead atoms. The summed E-state index contributed by atoms with van der Waals surface area (Å²) in [6, 6.07) is 14.9. The molecule has 2 aromatic carbocycles. The second-order valence-electron chi connectivity index (χ2n) is 7.43. The van der Waals surface area contributed by atoms with Gasteiger partial charge in [-0.2, -0.15) is 0 Å². The van der Waals surface area contributed by atoms with Gasteiger partial charge in [0.1, 0.15) is 5.75 Å². The van der Waals surface area contributed by atoms with Crippen molar-refractivity contribution in [2.45, 2.75) is 6.92 Å². The number of nitrogens with one attached hydrogen (secondary N) is 1. The van der Waals surface area contributed by atoms with Gasteiger partial charge in [0.15, 0.2) is 5.78 Å². The number of allylic oxidation sites excluding steroid dienone is 1. The van der Waals surface area contributed by atoms with E-state index in [0.717, 1.165) is 27.7 Å². The summed E-state index contributed by atoms with van der Waals surface area (Å²) in [5, 5.41) is 17.3. The number of benzene rings is 2. The Morgan fingerprint density at radius 2 is 2.12 bits per heavy atom. The molecule has 0 radical (unpaired) electrons. The van der Waals surface area contributed by atoms with E-state index >= 15 is 0 Å². The van der Waals surface area contributed by atoms with Crippen molar-refractivity contribution in [3.8, 4) is 5.75 Å². The molecule has 7 heteroatoms. The summed E-state index contributed by atoms with van der Waals surface area (Å²) in [6.45, 7) is 2.97. The molecule has 2 heterocycles. The van der Waals surface area contributed by atoms with Gasteiger partial charge in [0.2, 0.25) is 0 Å². The van der Waals surface area contributed by atoms with Crippen LogP contribution in [-0.4, -0.2) is 35.2 Å². The Morgan fingerprint density at radius 3 is 2.94 bits per heavy atom. The molecule has 0 atom stereocenters. The van der Waals surface area contributed by atoms with E-state index in [2.05, 4.69) is 15.3 Å². The Hall–Kier alpha value is -3.48. The molecular weight excluding hydrogens is 454 g/mol. The molecule has 0 fully saturated rings. The molecule has 0 aliphatic carbocycles. The van der Waals surface area contributed by atoms with Crippen LogP contribution in [0.3, 0.4) is 0 Å². The van der Waals surface area contributed by atoms with E-state index in [1.807, 2.05) is 54.8 Å². The van der Waals surface area contributed by atoms with E-state index in [0.29, 0.717) is 28.6 Å². The van der Waals surface area contributed by atoms with Crippen molar-refractivity contribution in [3.05, 3.63) is 92.8 Å². The standard InChI is InChI=1S/C26H22ClN3O2S/c1-17-13-18(4-7-24(31)25-3-2-12-33-25)14-19(26(17)32)16-28-10-11-30-22-8-9-29-23-15-20(27)5-6-21(22)23/h2-9,12-16,32H,10-11H2,1H3,(H,29,30)/b7-4+,28-16?. The van der Waals surface area contributed by atoms with E-state index < -0.39 is 0 Å². The van der Waals surface area contributed by atoms with E-state index in [1.54, 1.807) is 30.6 Å². The maximum Gasteiger partial charge on any atom is 0.195 e. The third-order valence-corrected chi connectivity index (χ3v) is 6.15. The van der Waals surface area contributed by atoms with Crippen LogP contribution in [0.15, 0.2) is 71.2 Å². The number of phenolic OH excluding ortho intramolecular Hbond substituents is 1. The fraction of sp³-hybridized carbons (Fsp3) is 0.115. The number of hydrogen-bond donors (Lipinski definition) is 2. The molecule has 0 spiro atoms. The third-order valence-electron chi connectivity index (χ3n) is 5.03. The molecule has 4 aromatic rings. The first-order chi connectivity index (χ1) is 16.0. The number of aryl methyl sites for hydroxylation is 1. The van der Waals surface area contributed by atoms with Gasteiger partial charge in [-0.15, -0.1) is 11.3 Å². The molecule has 0 aliphatic heterocycles. The lowest BCUT2D eigenvalue weighted by Crippen LogP contribution is -2.05. The van der Waals surface area contributed by atoms with Gasteiger partial charge in [-0.1, -0.05) is 23.7 Å². The predicted molar refractivity (Wildman–Crippen MR) is 138 cm³/mol. The van der Waals surface area contributed by atoms with Crippen molar-refractivity contribution in [2.75, 3.05) is 18.4 Å². The van der Waals surface area contributed by atoms with E-state index in [-0.39, 0.29) is 11.5 Å². The number of rotatable bonds is 8. The molecule has 4 rings (SSSR count). The van der Waals surface area contributed by atoms with Crippen LogP contribution in [0.5, 0.6) is 5.75 Å². The Bertz CT molecular complexity index is 1350. The predicted octanol–water partition coefficient (Wildman–Crippen LogP) is 6.39. The molecule has 0 saturated carbocycles. The number of fused-ring (bicyclic) bond motifs is 1. The number of carbonyl (C=O) groups excluding carboxylic acids is 1. The van der Waals surface area contributed by atoms with Gasteiger partial charge in [0, 0.05) is 40.6 Å². The van der Waals surface area contributed by atoms with Crippen LogP contribution in [0.25, 0.3) is 17.0 Å². The zero-order valence-electron chi connectivity index (χ0n) is 18.0. The number of nitrogens with zero attached hydrogens (tertiary/aromatic N) is 2. The summed E-state index contributed by atoms with van der Waals surface area (Å²) in [5.41, 5.74) is 3.97. The summed E-state index contributed by atoms with van der Waals surface area (Å²) >= 11 is 7.46. The molecule has 0 amide bonds. The monoisotopic (exact) mass is 475 g/mol. The minimum Gasteiger partial charge on any atom is -0.507 e. The average molecular weight is 476 g/mol. The third kappa shape index (κ3) is 5.66. The van der Waals surface area contributed by atoms with Crippen LogP contribution in [-0.2, 0) is 0 Å². The fourth-order valence-electron chi connectivity index (χ4n) is 3.40. The van der Waals surface area contributed by atoms with Crippen LogP contribution in [0.4, 0.5) is 5.69 Å². The van der Waals surface area contributed by atoms with Gasteiger partial charge >= 0.3 is 0 Å². The molecule has 2 N–H and O–H groups in total. The highest BCUT2D eigenvalue weighted by Gasteiger charge is 2.06. The number of halogens is 1. The summed E-state index contributed by atoms with van der Waals surface area (Å²) in [6.07, 6.45) is 6.71. The number of hydrogen-bond acceptors (Lipinski definition) is 6. The number of carbonyl (C=O) groups is 1. The molecule has 0 unspecified atom stereocenters. The minimum absolute atomic E-state index is 0.0390. The van der Waals surface area contributed by atoms with Crippen molar-refractivity contribution in [3.63, 3.8) is 0 Å². The Morgan fingerprint density at radius 1 is 1.24 bits per heavy atom. The number of pyridine rings is 1. The number of ketones is 1. The topological polar surface area (TPSA) is 74.6 Å². The summed E-state index contributed by atoms with van der Waals surface area (Å²) in [7, 11) is 0. The quantitative estimate of drug-likeness (QED) is 0.134. The first-order valence-electron chi connectivity index (χ1n) is 10.4. The van der Waals surface area contributed by atoms with E-state index in [9.17, 15) is 9.90 Å². The summed E-state index contributed by atoms with van der Waals surface area (Å²) in [5.74, 6) is 0.147. The largest absolute Gasteiger partial charge is 0.507 e. The molecule has 5 nitrogen and oxygen atoms in total. The maximum absolute atomic E-state index is 12.2. The summed E-state index contributed by atoms with van der Waals surface area (Å²) < 4.78 is 0. The molecular formula is C26H22ClN3O2S. The Labute approximate surface area is 201 Å². The van der Waals surface area contributed by atoms with Crippen LogP contribution in [0, 0.1) is 6.92 Å². The lowest BCUT2D eigenvalue weighted by molar-refractivity contribution is 0.105. The highest BCUT2D eigenvalue weighted by atomic mass is 35.5. The molecule has 2 aromatic heterocycles. The van der Waals surface area contributed by atoms with Crippen LogP contribution < -0.4 is 5.32 Å². The molecule has 0 saturated heterocycles. The lowest BCUT2D eigenvalue weighted by atomic mass is 10.0. The SMILES string of the molecule is Cc1cc(/C=C/C(=O)c2cccs2)cc(C=NCCNc2ccnc3cc(Cl)ccc23)c1O. The second-order valence-corrected chi connectivity index (χ2v) is 8.82. The van der Waals surface area contributed by atoms with Crippen molar-refractivity contribution in [1.29, 1.82) is 0 Å². The molecule has 0 aliphatic rings. The lowest BCUT2D eigenvalue weighted by Gasteiger charge is -2.08. The van der Waals surface area contributed by atoms with Crippen molar-refractivity contribution in [1.82, 2.24) is 4.98 Å². The normalized spacial score (nSPS) is 11.6. The van der Waals surface area contributed by atoms with E-state index in [1.165, 1.54) is 11.3 Å². The number of thiophene rings is 1.